The molecule has 1 aromatic heterocycles. The molecule has 2 aliphatic carbocycles. The molecule has 4 rings (SSSR count). The Balaban J connectivity index is 0.000000155. The van der Waals surface area contributed by atoms with Gasteiger partial charge in [0.25, 0.3) is 0 Å². The Morgan fingerprint density at radius 2 is 1.89 bits per heavy atom. The Morgan fingerprint density at radius 3 is 2.21 bits per heavy atom. The first-order chi connectivity index (χ1) is 9.25. The van der Waals surface area contributed by atoms with Crippen molar-refractivity contribution >= 4 is 11.3 Å². The van der Waals surface area contributed by atoms with E-state index in [4.69, 9.17) is 0 Å². The van der Waals surface area contributed by atoms with Crippen molar-refractivity contribution in [1.82, 2.24) is 4.98 Å². The van der Waals surface area contributed by atoms with Crippen molar-refractivity contribution in [2.75, 3.05) is 0 Å². The zero-order valence-electron chi connectivity index (χ0n) is 10.9. The Hall–Kier alpha value is -1.93. The van der Waals surface area contributed by atoms with Crippen LogP contribution in [0.4, 0.5) is 0 Å². The second-order valence-corrected chi connectivity index (χ2v) is 5.62. The van der Waals surface area contributed by atoms with E-state index in [9.17, 15) is 0 Å². The van der Waals surface area contributed by atoms with E-state index >= 15 is 0 Å². The third kappa shape index (κ3) is 2.32. The summed E-state index contributed by atoms with van der Waals surface area (Å²) in [5.74, 6) is 0. The predicted molar refractivity (Wildman–Crippen MR) is 80.1 cm³/mol. The first-order valence-electron chi connectivity index (χ1n) is 6.17. The predicted octanol–water partition coefficient (Wildman–Crippen LogP) is 4.69. The number of rotatable bonds is 1. The van der Waals surface area contributed by atoms with Gasteiger partial charge in [-0.2, -0.15) is 0 Å². The van der Waals surface area contributed by atoms with Crippen LogP contribution in [0.5, 0.6) is 0 Å². The number of nitrogens with zero attached hydrogens (tertiary/aromatic N) is 1. The van der Waals surface area contributed by atoms with Gasteiger partial charge >= 0.3 is 0 Å². The molecule has 0 saturated heterocycles. The number of hydrogen-bond donors (Lipinski definition) is 0. The summed E-state index contributed by atoms with van der Waals surface area (Å²) in [5.41, 5.74) is 5.03. The fourth-order valence-corrected chi connectivity index (χ4v) is 2.76. The molecular formula is C17H13NS. The smallest absolute Gasteiger partial charge is 0.124 e. The van der Waals surface area contributed by atoms with Crippen molar-refractivity contribution in [2.45, 2.75) is 13.8 Å². The van der Waals surface area contributed by atoms with Crippen LogP contribution in [-0.2, 0) is 0 Å². The van der Waals surface area contributed by atoms with Crippen LogP contribution in [-0.4, -0.2) is 4.98 Å². The minimum atomic E-state index is 1.15. The van der Waals surface area contributed by atoms with Crippen LogP contribution in [0.3, 0.4) is 0 Å². The summed E-state index contributed by atoms with van der Waals surface area (Å²) >= 11 is 1.77. The van der Waals surface area contributed by atoms with Crippen LogP contribution in [0.15, 0.2) is 42.5 Å². The van der Waals surface area contributed by atoms with E-state index in [1.165, 1.54) is 21.6 Å². The van der Waals surface area contributed by atoms with Gasteiger partial charge in [-0.3, -0.25) is 0 Å². The monoisotopic (exact) mass is 263 g/mol. The van der Waals surface area contributed by atoms with Gasteiger partial charge in [-0.1, -0.05) is 30.3 Å². The van der Waals surface area contributed by atoms with Crippen LogP contribution in [0, 0.1) is 26.0 Å². The average Bonchev–Trinajstić information content (AvgIpc) is 2.75. The average molecular weight is 263 g/mol. The first-order valence-corrected chi connectivity index (χ1v) is 6.99. The van der Waals surface area contributed by atoms with Gasteiger partial charge in [-0.25, -0.2) is 4.98 Å². The van der Waals surface area contributed by atoms with Crippen LogP contribution >= 0.6 is 11.3 Å². The van der Waals surface area contributed by atoms with E-state index in [1.54, 1.807) is 11.3 Å². The van der Waals surface area contributed by atoms with Gasteiger partial charge in [-0.15, -0.1) is 11.3 Å². The fourth-order valence-electron chi connectivity index (χ4n) is 1.82. The van der Waals surface area contributed by atoms with Gasteiger partial charge in [0.1, 0.15) is 5.01 Å². The van der Waals surface area contributed by atoms with Crippen molar-refractivity contribution in [2.24, 2.45) is 0 Å². The van der Waals surface area contributed by atoms with Crippen LogP contribution in [0.1, 0.15) is 10.6 Å². The number of fused-ring (bicyclic) bond motifs is 1. The summed E-state index contributed by atoms with van der Waals surface area (Å²) in [6, 6.07) is 19.9. The van der Waals surface area contributed by atoms with Gasteiger partial charge in [-0.05, 0) is 49.2 Å². The summed E-state index contributed by atoms with van der Waals surface area (Å²) in [5, 5.41) is 1.15. The molecule has 1 heterocycles. The van der Waals surface area contributed by atoms with Gasteiger partial charge in [0.05, 0.1) is 5.69 Å². The second kappa shape index (κ2) is 4.98. The molecule has 0 atom stereocenters. The van der Waals surface area contributed by atoms with E-state index in [1.807, 2.05) is 36.4 Å². The highest BCUT2D eigenvalue weighted by molar-refractivity contribution is 7.15. The highest BCUT2D eigenvalue weighted by Gasteiger charge is 2.20. The number of aryl methyl sites for hydroxylation is 2. The molecule has 0 saturated carbocycles. The lowest BCUT2D eigenvalue weighted by Gasteiger charge is -2.18. The lowest BCUT2D eigenvalue weighted by molar-refractivity contribution is 1.23. The summed E-state index contributed by atoms with van der Waals surface area (Å²) in [7, 11) is 0. The van der Waals surface area contributed by atoms with Crippen LogP contribution in [0.2, 0.25) is 0 Å². The minimum absolute atomic E-state index is 1.15. The van der Waals surface area contributed by atoms with Crippen molar-refractivity contribution in [3.63, 3.8) is 0 Å². The molecule has 0 bridgehead atoms. The maximum Gasteiger partial charge on any atom is 0.124 e. The number of thiazole rings is 1. The fraction of sp³-hybridized carbons (Fsp3) is 0.118. The van der Waals surface area contributed by atoms with Crippen molar-refractivity contribution in [3.8, 4) is 21.7 Å². The Morgan fingerprint density at radius 1 is 1.11 bits per heavy atom. The molecule has 0 fully saturated rings. The molecule has 2 heteroatoms. The third-order valence-electron chi connectivity index (χ3n) is 3.10. The molecule has 19 heavy (non-hydrogen) atoms. The van der Waals surface area contributed by atoms with Crippen molar-refractivity contribution in [3.05, 3.63) is 65.2 Å². The highest BCUT2D eigenvalue weighted by atomic mass is 32.1. The van der Waals surface area contributed by atoms with Crippen LogP contribution in [0.25, 0.3) is 21.7 Å². The quantitative estimate of drug-likeness (QED) is 0.485. The molecule has 1 aromatic carbocycles. The molecule has 0 aliphatic heterocycles. The zero-order chi connectivity index (χ0) is 13.2. The molecule has 2 radical (unpaired) electrons. The molecule has 0 amide bonds. The Kier molecular flexibility index (Phi) is 3.18. The maximum atomic E-state index is 4.51. The third-order valence-corrected chi connectivity index (χ3v) is 4.20. The topological polar surface area (TPSA) is 12.9 Å². The first kappa shape index (κ1) is 12.1. The van der Waals surface area contributed by atoms with E-state index in [0.717, 1.165) is 10.7 Å². The highest BCUT2D eigenvalue weighted by Crippen LogP contribution is 2.44. The zero-order valence-corrected chi connectivity index (χ0v) is 11.7. The Bertz CT molecular complexity index is 652. The van der Waals surface area contributed by atoms with Crippen LogP contribution < -0.4 is 0 Å². The van der Waals surface area contributed by atoms with E-state index in [-0.39, 0.29) is 0 Å². The Labute approximate surface area is 117 Å². The van der Waals surface area contributed by atoms with E-state index < -0.39 is 0 Å². The summed E-state index contributed by atoms with van der Waals surface area (Å²) in [4.78, 5) is 5.83. The van der Waals surface area contributed by atoms with Gasteiger partial charge in [0.15, 0.2) is 0 Å². The van der Waals surface area contributed by atoms with E-state index in [0.29, 0.717) is 0 Å². The molecule has 1 nitrogen and oxygen atoms in total. The SMILES string of the molecule is Cc1nc(-c2cc3c[c]c2-3)sc1C.[c]1ccccc1. The minimum Gasteiger partial charge on any atom is -0.241 e. The summed E-state index contributed by atoms with van der Waals surface area (Å²) < 4.78 is 0. The van der Waals surface area contributed by atoms with E-state index in [2.05, 4.69) is 37.0 Å². The summed E-state index contributed by atoms with van der Waals surface area (Å²) in [6.45, 7) is 4.18. The number of aromatic nitrogens is 1. The molecule has 92 valence electrons. The van der Waals surface area contributed by atoms with Gasteiger partial charge in [0.2, 0.25) is 0 Å². The van der Waals surface area contributed by atoms with Gasteiger partial charge in [0, 0.05) is 10.4 Å². The normalized spacial score (nSPS) is 10.6. The standard InChI is InChI=1S/C11H8NS.C6H5/c1-6-7(2)13-11(12-6)10-5-8-3-4-9(8)10;1-2-4-6-5-3-1/h3,5H,1-2H3;1-5H. The maximum absolute atomic E-state index is 4.51. The number of benzene rings is 2. The largest absolute Gasteiger partial charge is 0.241 e. The number of hydrogen-bond acceptors (Lipinski definition) is 2. The molecule has 0 unspecified atom stereocenters. The van der Waals surface area contributed by atoms with Crippen molar-refractivity contribution in [1.29, 1.82) is 0 Å². The van der Waals surface area contributed by atoms with Gasteiger partial charge < -0.3 is 0 Å². The lowest BCUT2D eigenvalue weighted by atomic mass is 9.87. The summed E-state index contributed by atoms with van der Waals surface area (Å²) in [6.07, 6.45) is 0. The molecular weight excluding hydrogens is 250 g/mol. The second-order valence-electron chi connectivity index (χ2n) is 4.41. The lowest BCUT2D eigenvalue weighted by Crippen LogP contribution is -1.95. The molecule has 2 aromatic rings. The molecule has 0 N–H and O–H groups in total. The van der Waals surface area contributed by atoms with Crippen molar-refractivity contribution < 1.29 is 0 Å². The molecule has 0 spiro atoms. The molecule has 2 aliphatic rings.